The van der Waals surface area contributed by atoms with Crippen LogP contribution in [0.1, 0.15) is 32.3 Å². The van der Waals surface area contributed by atoms with Gasteiger partial charge in [-0.2, -0.15) is 0 Å². The number of amides is 1. The van der Waals surface area contributed by atoms with Gasteiger partial charge in [-0.3, -0.25) is 4.79 Å². The Bertz CT molecular complexity index is 613. The summed E-state index contributed by atoms with van der Waals surface area (Å²) in [6.07, 6.45) is 5.28. The predicted molar refractivity (Wildman–Crippen MR) is 99.5 cm³/mol. The SMILES string of the molecule is CC(C)(O)C1CCCN1C(=O)/C=C/c1ccc(N2CCOCC2)cc1. The lowest BCUT2D eigenvalue weighted by Gasteiger charge is -2.33. The highest BCUT2D eigenvalue weighted by atomic mass is 16.5. The van der Waals surface area contributed by atoms with Crippen molar-refractivity contribution in [3.05, 3.63) is 35.9 Å². The van der Waals surface area contributed by atoms with Gasteiger partial charge >= 0.3 is 0 Å². The van der Waals surface area contributed by atoms with Gasteiger partial charge in [0.1, 0.15) is 0 Å². The summed E-state index contributed by atoms with van der Waals surface area (Å²) in [5.41, 5.74) is 1.33. The third-order valence-corrected chi connectivity index (χ3v) is 5.04. The quantitative estimate of drug-likeness (QED) is 0.852. The molecule has 2 fully saturated rings. The van der Waals surface area contributed by atoms with Crippen molar-refractivity contribution in [1.82, 2.24) is 4.90 Å². The van der Waals surface area contributed by atoms with Crippen LogP contribution in [0.4, 0.5) is 5.69 Å². The number of anilines is 1. The first kappa shape index (κ1) is 18.0. The Balaban J connectivity index is 1.62. The van der Waals surface area contributed by atoms with Gasteiger partial charge in [-0.15, -0.1) is 0 Å². The number of carbonyl (C=O) groups excluding carboxylic acids is 1. The number of aliphatic hydroxyl groups is 1. The first-order valence-corrected chi connectivity index (χ1v) is 9.09. The number of rotatable bonds is 4. The standard InChI is InChI=1S/C20H28N2O3/c1-20(2,24)18-4-3-11-22(18)19(23)10-7-16-5-8-17(9-6-16)21-12-14-25-15-13-21/h5-10,18,24H,3-4,11-15H2,1-2H3/b10-7+. The number of hydrogen-bond acceptors (Lipinski definition) is 4. The molecule has 0 bridgehead atoms. The van der Waals surface area contributed by atoms with Crippen LogP contribution in [-0.4, -0.2) is 60.4 Å². The number of benzene rings is 1. The second-order valence-corrected chi connectivity index (χ2v) is 7.37. The summed E-state index contributed by atoms with van der Waals surface area (Å²) in [6, 6.07) is 8.14. The third-order valence-electron chi connectivity index (χ3n) is 5.04. The molecule has 1 atom stereocenters. The Morgan fingerprint density at radius 3 is 2.52 bits per heavy atom. The van der Waals surface area contributed by atoms with Crippen LogP contribution in [-0.2, 0) is 9.53 Å². The van der Waals surface area contributed by atoms with E-state index in [0.29, 0.717) is 6.54 Å². The highest BCUT2D eigenvalue weighted by Crippen LogP contribution is 2.27. The molecule has 3 rings (SSSR count). The molecule has 0 spiro atoms. The zero-order valence-electron chi connectivity index (χ0n) is 15.1. The lowest BCUT2D eigenvalue weighted by Crippen LogP contribution is -2.47. The minimum atomic E-state index is -0.861. The molecule has 1 amide bonds. The van der Waals surface area contributed by atoms with E-state index in [4.69, 9.17) is 4.74 Å². The molecule has 1 N–H and O–H groups in total. The molecule has 0 aromatic heterocycles. The Hall–Kier alpha value is -1.85. The van der Waals surface area contributed by atoms with E-state index < -0.39 is 5.60 Å². The lowest BCUT2D eigenvalue weighted by atomic mass is 9.96. The van der Waals surface area contributed by atoms with E-state index in [1.165, 1.54) is 5.69 Å². The average molecular weight is 344 g/mol. The van der Waals surface area contributed by atoms with Gasteiger partial charge in [-0.05, 0) is 50.5 Å². The molecule has 2 aliphatic rings. The zero-order chi connectivity index (χ0) is 17.9. The Kier molecular flexibility index (Phi) is 5.45. The molecule has 0 saturated carbocycles. The maximum atomic E-state index is 12.5. The van der Waals surface area contributed by atoms with Crippen LogP contribution in [0.25, 0.3) is 6.08 Å². The Labute approximate surface area is 149 Å². The molecular weight excluding hydrogens is 316 g/mol. The van der Waals surface area contributed by atoms with Crippen LogP contribution in [0.2, 0.25) is 0 Å². The molecule has 2 aliphatic heterocycles. The van der Waals surface area contributed by atoms with Crippen LogP contribution in [0.5, 0.6) is 0 Å². The maximum absolute atomic E-state index is 12.5. The van der Waals surface area contributed by atoms with Crippen molar-refractivity contribution >= 4 is 17.7 Å². The van der Waals surface area contributed by atoms with Crippen molar-refractivity contribution in [2.75, 3.05) is 37.7 Å². The van der Waals surface area contributed by atoms with Crippen molar-refractivity contribution in [2.45, 2.75) is 38.3 Å². The van der Waals surface area contributed by atoms with E-state index in [1.54, 1.807) is 24.8 Å². The van der Waals surface area contributed by atoms with Gasteiger partial charge in [0.05, 0.1) is 24.9 Å². The maximum Gasteiger partial charge on any atom is 0.246 e. The summed E-state index contributed by atoms with van der Waals surface area (Å²) < 4.78 is 5.38. The monoisotopic (exact) mass is 344 g/mol. The smallest absolute Gasteiger partial charge is 0.246 e. The lowest BCUT2D eigenvalue weighted by molar-refractivity contribution is -0.131. The van der Waals surface area contributed by atoms with Crippen molar-refractivity contribution in [1.29, 1.82) is 0 Å². The first-order chi connectivity index (χ1) is 11.9. The van der Waals surface area contributed by atoms with Crippen LogP contribution in [0.15, 0.2) is 30.3 Å². The summed E-state index contributed by atoms with van der Waals surface area (Å²) in [5.74, 6) is -0.0260. The second kappa shape index (κ2) is 7.58. The topological polar surface area (TPSA) is 53.0 Å². The second-order valence-electron chi connectivity index (χ2n) is 7.37. The molecule has 25 heavy (non-hydrogen) atoms. The van der Waals surface area contributed by atoms with Gasteiger partial charge < -0.3 is 19.6 Å². The van der Waals surface area contributed by atoms with Crippen LogP contribution >= 0.6 is 0 Å². The summed E-state index contributed by atoms with van der Waals surface area (Å²) in [5, 5.41) is 10.2. The predicted octanol–water partition coefficient (Wildman–Crippen LogP) is 2.30. The van der Waals surface area contributed by atoms with Gasteiger partial charge in [-0.25, -0.2) is 0 Å². The minimum absolute atomic E-state index is 0.0260. The fraction of sp³-hybridized carbons (Fsp3) is 0.550. The number of nitrogens with zero attached hydrogens (tertiary/aromatic N) is 2. The summed E-state index contributed by atoms with van der Waals surface area (Å²) in [7, 11) is 0. The summed E-state index contributed by atoms with van der Waals surface area (Å²) in [6.45, 7) is 7.65. The average Bonchev–Trinajstić information content (AvgIpc) is 3.11. The van der Waals surface area contributed by atoms with Crippen molar-refractivity contribution < 1.29 is 14.6 Å². The molecule has 2 saturated heterocycles. The van der Waals surface area contributed by atoms with Gasteiger partial charge in [0.25, 0.3) is 0 Å². The van der Waals surface area contributed by atoms with E-state index in [9.17, 15) is 9.90 Å². The van der Waals surface area contributed by atoms with Crippen LogP contribution in [0, 0.1) is 0 Å². The first-order valence-electron chi connectivity index (χ1n) is 9.09. The molecule has 136 valence electrons. The number of carbonyl (C=O) groups is 1. The largest absolute Gasteiger partial charge is 0.388 e. The third kappa shape index (κ3) is 4.41. The number of hydrogen-bond donors (Lipinski definition) is 1. The van der Waals surface area contributed by atoms with Crippen molar-refractivity contribution in [2.24, 2.45) is 0 Å². The summed E-state index contributed by atoms with van der Waals surface area (Å²) >= 11 is 0. The van der Waals surface area contributed by atoms with E-state index in [1.807, 2.05) is 18.2 Å². The fourth-order valence-corrected chi connectivity index (χ4v) is 3.65. The van der Waals surface area contributed by atoms with Crippen molar-refractivity contribution in [3.8, 4) is 0 Å². The Morgan fingerprint density at radius 2 is 1.88 bits per heavy atom. The molecule has 0 radical (unpaired) electrons. The molecule has 2 heterocycles. The van der Waals surface area contributed by atoms with Gasteiger partial charge in [0, 0.05) is 31.4 Å². The van der Waals surface area contributed by atoms with Crippen LogP contribution < -0.4 is 4.90 Å². The number of ether oxygens (including phenoxy) is 1. The molecule has 5 heteroatoms. The Morgan fingerprint density at radius 1 is 1.20 bits per heavy atom. The normalized spacial score (nSPS) is 22.0. The number of likely N-dealkylation sites (tertiary alicyclic amines) is 1. The number of morpholine rings is 1. The molecule has 1 unspecified atom stereocenters. The summed E-state index contributed by atoms with van der Waals surface area (Å²) in [4.78, 5) is 16.6. The van der Waals surface area contributed by atoms with Crippen LogP contribution in [0.3, 0.4) is 0 Å². The van der Waals surface area contributed by atoms with Gasteiger partial charge in [-0.1, -0.05) is 12.1 Å². The molecule has 1 aromatic carbocycles. The van der Waals surface area contributed by atoms with Gasteiger partial charge in [0.15, 0.2) is 0 Å². The van der Waals surface area contributed by atoms with E-state index in [0.717, 1.165) is 44.7 Å². The molecule has 0 aliphatic carbocycles. The molecule has 5 nitrogen and oxygen atoms in total. The zero-order valence-corrected chi connectivity index (χ0v) is 15.1. The van der Waals surface area contributed by atoms with E-state index >= 15 is 0 Å². The molecule has 1 aromatic rings. The fourth-order valence-electron chi connectivity index (χ4n) is 3.65. The highest BCUT2D eigenvalue weighted by molar-refractivity contribution is 5.92. The minimum Gasteiger partial charge on any atom is -0.388 e. The van der Waals surface area contributed by atoms with Crippen molar-refractivity contribution in [3.63, 3.8) is 0 Å². The molecular formula is C20H28N2O3. The van der Waals surface area contributed by atoms with E-state index in [-0.39, 0.29) is 11.9 Å². The van der Waals surface area contributed by atoms with E-state index in [2.05, 4.69) is 17.0 Å². The van der Waals surface area contributed by atoms with Gasteiger partial charge in [0.2, 0.25) is 5.91 Å². The highest BCUT2D eigenvalue weighted by Gasteiger charge is 2.37.